The average molecular weight is 399 g/mol. The minimum atomic E-state index is 0. The quantitative estimate of drug-likeness (QED) is 0.686. The van der Waals surface area contributed by atoms with E-state index in [0.29, 0.717) is 6.54 Å². The van der Waals surface area contributed by atoms with Gasteiger partial charge in [0.25, 0.3) is 0 Å². The second kappa shape index (κ2) is 57.6. The van der Waals surface area contributed by atoms with E-state index in [1.54, 1.807) is 28.1 Å². The molecule has 0 unspecified atom stereocenters. The molecule has 0 aliphatic rings. The Morgan fingerprint density at radius 2 is 0.750 bits per heavy atom. The van der Waals surface area contributed by atoms with Gasteiger partial charge in [-0.3, -0.25) is 0 Å². The van der Waals surface area contributed by atoms with Crippen molar-refractivity contribution >= 4 is 0 Å². The third-order valence-corrected chi connectivity index (χ3v) is 0.949. The van der Waals surface area contributed by atoms with E-state index in [9.17, 15) is 0 Å². The topological polar surface area (TPSA) is 66.1 Å². The molecule has 0 aliphatic heterocycles. The Kier molecular flexibility index (Phi) is 108. The van der Waals surface area contributed by atoms with Gasteiger partial charge in [-0.05, 0) is 0 Å². The standard InChI is InChI=1S/3C3H8N.C2H6N.Ta/c3*1-3-4-2;1-2-3;/h3*3H2,1-2H3;3H,2H2,1H3;/q4*-1;. The maximum Gasteiger partial charge on any atom is 0 e. The Bertz CT molecular complexity index is 41.7. The van der Waals surface area contributed by atoms with Crippen LogP contribution in [-0.4, -0.2) is 47.3 Å². The predicted molar refractivity (Wildman–Crippen MR) is 74.3 cm³/mol. The van der Waals surface area contributed by atoms with E-state index in [1.807, 2.05) is 20.8 Å². The monoisotopic (exact) mass is 399 g/mol. The van der Waals surface area contributed by atoms with Crippen molar-refractivity contribution in [2.75, 3.05) is 47.3 Å². The van der Waals surface area contributed by atoms with Crippen LogP contribution in [0.15, 0.2) is 0 Å². The van der Waals surface area contributed by atoms with Crippen molar-refractivity contribution in [1.29, 1.82) is 0 Å². The number of nitrogens with zero attached hydrogens (tertiary/aromatic N) is 3. The van der Waals surface area contributed by atoms with Crippen molar-refractivity contribution < 1.29 is 22.4 Å². The van der Waals surface area contributed by atoms with Crippen LogP contribution in [0.4, 0.5) is 0 Å². The Morgan fingerprint density at radius 3 is 0.750 bits per heavy atom. The molecular formula is C11H30N4Ta-4. The zero-order valence-corrected chi connectivity index (χ0v) is 15.3. The van der Waals surface area contributed by atoms with Crippen molar-refractivity contribution in [3.63, 3.8) is 0 Å². The van der Waals surface area contributed by atoms with Gasteiger partial charge in [-0.2, -0.15) is 47.3 Å². The predicted octanol–water partition coefficient (Wildman–Crippen LogP) is 4.09. The minimum absolute atomic E-state index is 0. The molecule has 0 heterocycles. The smallest absolute Gasteiger partial charge is 0 e. The Hall–Kier alpha value is 0.580. The van der Waals surface area contributed by atoms with Gasteiger partial charge < -0.3 is 21.7 Å². The fourth-order valence-electron chi connectivity index (χ4n) is 0. The molecule has 16 heavy (non-hydrogen) atoms. The largest absolute Gasteiger partial charge is 0.678 e. The van der Waals surface area contributed by atoms with Crippen LogP contribution in [0.5, 0.6) is 0 Å². The Morgan fingerprint density at radius 1 is 0.688 bits per heavy atom. The summed E-state index contributed by atoms with van der Waals surface area (Å²) >= 11 is 0. The van der Waals surface area contributed by atoms with Crippen LogP contribution in [0.2, 0.25) is 0 Å². The third kappa shape index (κ3) is 210. The van der Waals surface area contributed by atoms with Gasteiger partial charge in [0.15, 0.2) is 0 Å². The summed E-state index contributed by atoms with van der Waals surface area (Å²) in [6.45, 7) is 11.2. The van der Waals surface area contributed by atoms with Crippen LogP contribution in [0.3, 0.4) is 0 Å². The molecule has 0 fully saturated rings. The minimum Gasteiger partial charge on any atom is -0.678 e. The first-order chi connectivity index (χ1) is 7.16. The number of rotatable bonds is 3. The summed E-state index contributed by atoms with van der Waals surface area (Å²) in [4.78, 5) is 0. The molecule has 0 spiro atoms. The SMILES string of the molecule is CC[N-]C.CC[N-]C.CC[N-]C.CC[NH-].[Ta]. The Balaban J connectivity index is -0.0000000331. The summed E-state index contributed by atoms with van der Waals surface area (Å²) in [6.07, 6.45) is 0. The van der Waals surface area contributed by atoms with E-state index in [2.05, 4.69) is 16.0 Å². The van der Waals surface area contributed by atoms with E-state index >= 15 is 0 Å². The molecule has 0 atom stereocenters. The molecule has 0 saturated carbocycles. The fourth-order valence-corrected chi connectivity index (χ4v) is 0. The van der Waals surface area contributed by atoms with E-state index < -0.39 is 0 Å². The summed E-state index contributed by atoms with van der Waals surface area (Å²) in [5.41, 5.74) is 6.21. The van der Waals surface area contributed by atoms with Crippen LogP contribution in [0.1, 0.15) is 27.7 Å². The van der Waals surface area contributed by atoms with Gasteiger partial charge in [-0.15, -0.1) is 0 Å². The molecule has 0 aromatic heterocycles. The van der Waals surface area contributed by atoms with Gasteiger partial charge in [0, 0.05) is 22.4 Å². The summed E-state index contributed by atoms with van der Waals surface area (Å²) in [5.74, 6) is 0. The summed E-state index contributed by atoms with van der Waals surface area (Å²) in [7, 11) is 5.42. The maximum atomic E-state index is 6.21. The van der Waals surface area contributed by atoms with E-state index in [4.69, 9.17) is 5.73 Å². The van der Waals surface area contributed by atoms with Crippen molar-refractivity contribution in [2.45, 2.75) is 27.7 Å². The molecule has 4 nitrogen and oxygen atoms in total. The zero-order valence-electron chi connectivity index (χ0n) is 12.1. The third-order valence-electron chi connectivity index (χ3n) is 0.949. The molecule has 1 radical (unpaired) electrons. The molecule has 0 aliphatic carbocycles. The molecular weight excluding hydrogens is 369 g/mol. The number of hydrogen-bond acceptors (Lipinski definition) is 0. The van der Waals surface area contributed by atoms with Crippen molar-refractivity contribution in [2.24, 2.45) is 0 Å². The summed E-state index contributed by atoms with van der Waals surface area (Å²) in [5, 5.41) is 11.2. The first-order valence-corrected chi connectivity index (χ1v) is 5.47. The molecule has 5 heteroatoms. The molecule has 0 amide bonds. The van der Waals surface area contributed by atoms with Crippen molar-refractivity contribution in [1.82, 2.24) is 0 Å². The van der Waals surface area contributed by atoms with Gasteiger partial charge in [0.05, 0.1) is 0 Å². The van der Waals surface area contributed by atoms with E-state index in [-0.39, 0.29) is 22.4 Å². The molecule has 103 valence electrons. The van der Waals surface area contributed by atoms with Gasteiger partial charge >= 0.3 is 0 Å². The molecule has 1 N–H and O–H groups in total. The second-order valence-corrected chi connectivity index (χ2v) is 2.25. The van der Waals surface area contributed by atoms with Crippen molar-refractivity contribution in [3.8, 4) is 0 Å². The molecule has 0 rings (SSSR count). The van der Waals surface area contributed by atoms with Gasteiger partial charge in [-0.1, -0.05) is 27.7 Å². The van der Waals surface area contributed by atoms with E-state index in [0.717, 1.165) is 19.6 Å². The maximum absolute atomic E-state index is 6.21. The second-order valence-electron chi connectivity index (χ2n) is 2.25. The fraction of sp³-hybridized carbons (Fsp3) is 1.00. The molecule has 0 aromatic rings. The number of hydrogen-bond donors (Lipinski definition) is 0. The normalized spacial score (nSPS) is 6.75. The van der Waals surface area contributed by atoms with Crippen LogP contribution >= 0.6 is 0 Å². The number of nitrogens with one attached hydrogen (secondary N) is 1. The summed E-state index contributed by atoms with van der Waals surface area (Å²) < 4.78 is 0. The first kappa shape index (κ1) is 30.0. The molecule has 0 aromatic carbocycles. The average Bonchev–Trinajstić information content (AvgIpc) is 2.30. The van der Waals surface area contributed by atoms with Gasteiger partial charge in [0.1, 0.15) is 0 Å². The van der Waals surface area contributed by atoms with E-state index in [1.165, 1.54) is 0 Å². The summed E-state index contributed by atoms with van der Waals surface area (Å²) in [6, 6.07) is 0. The molecule has 0 bridgehead atoms. The zero-order chi connectivity index (χ0) is 12.9. The van der Waals surface area contributed by atoms with Gasteiger partial charge in [0.2, 0.25) is 0 Å². The van der Waals surface area contributed by atoms with Crippen LogP contribution in [0, 0.1) is 0 Å². The Labute approximate surface area is 119 Å². The van der Waals surface area contributed by atoms with Crippen LogP contribution in [-0.2, 0) is 22.4 Å². The molecule has 0 saturated heterocycles. The van der Waals surface area contributed by atoms with Gasteiger partial charge in [-0.25, -0.2) is 0 Å². The van der Waals surface area contributed by atoms with Crippen LogP contribution < -0.4 is 0 Å². The first-order valence-electron chi connectivity index (χ1n) is 5.47. The van der Waals surface area contributed by atoms with Crippen LogP contribution in [0.25, 0.3) is 21.7 Å². The van der Waals surface area contributed by atoms with Crippen molar-refractivity contribution in [3.05, 3.63) is 21.7 Å².